The molecular formula is C22H23N3O5. The van der Waals surface area contributed by atoms with Crippen LogP contribution >= 0.6 is 0 Å². The van der Waals surface area contributed by atoms with Crippen molar-refractivity contribution in [2.45, 2.75) is 44.2 Å². The second kappa shape index (κ2) is 8.52. The molecule has 1 fully saturated rings. The van der Waals surface area contributed by atoms with Crippen molar-refractivity contribution in [1.29, 1.82) is 0 Å². The molecule has 30 heavy (non-hydrogen) atoms. The molecule has 2 aliphatic carbocycles. The van der Waals surface area contributed by atoms with Crippen molar-refractivity contribution in [2.24, 2.45) is 0 Å². The Morgan fingerprint density at radius 3 is 2.70 bits per heavy atom. The number of hydrogen-bond acceptors (Lipinski definition) is 6. The fraction of sp³-hybridized carbons (Fsp3) is 0.364. The Labute approximate surface area is 173 Å². The molecule has 156 valence electrons. The number of nitrogens with zero attached hydrogens (tertiary/aromatic N) is 1. The van der Waals surface area contributed by atoms with E-state index in [0.717, 1.165) is 37.7 Å². The molecule has 2 N–H and O–H groups in total. The predicted octanol–water partition coefficient (Wildman–Crippen LogP) is 3.52. The maximum atomic E-state index is 12.3. The summed E-state index contributed by atoms with van der Waals surface area (Å²) >= 11 is 0. The van der Waals surface area contributed by atoms with E-state index in [4.69, 9.17) is 4.74 Å². The third-order valence-electron chi connectivity index (χ3n) is 5.41. The average Bonchev–Trinajstić information content (AvgIpc) is 3.56. The Morgan fingerprint density at radius 2 is 1.93 bits per heavy atom. The van der Waals surface area contributed by atoms with Crippen LogP contribution in [-0.2, 0) is 16.0 Å². The van der Waals surface area contributed by atoms with E-state index in [1.807, 2.05) is 18.2 Å². The highest BCUT2D eigenvalue weighted by Gasteiger charge is 2.26. The summed E-state index contributed by atoms with van der Waals surface area (Å²) in [4.78, 5) is 35.4. The van der Waals surface area contributed by atoms with E-state index in [-0.39, 0.29) is 23.3 Å². The lowest BCUT2D eigenvalue weighted by Gasteiger charge is -2.26. The van der Waals surface area contributed by atoms with Gasteiger partial charge in [0.2, 0.25) is 0 Å². The molecule has 0 unspecified atom stereocenters. The lowest BCUT2D eigenvalue weighted by atomic mass is 9.88. The summed E-state index contributed by atoms with van der Waals surface area (Å²) in [6.07, 6.45) is 4.75. The van der Waals surface area contributed by atoms with Gasteiger partial charge >= 0.3 is 5.97 Å². The van der Waals surface area contributed by atoms with Crippen LogP contribution in [0.15, 0.2) is 42.5 Å². The first-order chi connectivity index (χ1) is 14.5. The zero-order chi connectivity index (χ0) is 21.1. The van der Waals surface area contributed by atoms with Gasteiger partial charge in [0.15, 0.2) is 6.61 Å². The van der Waals surface area contributed by atoms with Gasteiger partial charge in [-0.15, -0.1) is 0 Å². The summed E-state index contributed by atoms with van der Waals surface area (Å²) in [5, 5.41) is 17.3. The molecule has 4 rings (SSSR count). The number of carbonyl (C=O) groups excluding carboxylic acids is 2. The minimum absolute atomic E-state index is 0.0406. The molecule has 0 heterocycles. The molecule has 0 saturated heterocycles. The Hall–Kier alpha value is -3.42. The Morgan fingerprint density at radius 1 is 1.13 bits per heavy atom. The number of nitrogens with one attached hydrogen (secondary N) is 2. The van der Waals surface area contributed by atoms with Gasteiger partial charge in [0.05, 0.1) is 16.5 Å². The standard InChI is InChI=1S/C22H23N3O5/c26-21(24-18-7-3-5-14-4-1-2-6-17(14)18)13-30-22(27)15-8-11-19(23-16-9-10-16)20(12-15)25(28)29/h1-2,4,6,8,11-12,16,18,23H,3,5,7,9-10,13H2,(H,24,26)/t18-/m0/s1. The quantitative estimate of drug-likeness (QED) is 0.411. The van der Waals surface area contributed by atoms with Gasteiger partial charge in [-0.05, 0) is 55.4 Å². The van der Waals surface area contributed by atoms with Crippen LogP contribution in [0.4, 0.5) is 11.4 Å². The van der Waals surface area contributed by atoms with Gasteiger partial charge in [-0.1, -0.05) is 24.3 Å². The van der Waals surface area contributed by atoms with E-state index in [2.05, 4.69) is 16.7 Å². The van der Waals surface area contributed by atoms with Gasteiger partial charge in [0.25, 0.3) is 11.6 Å². The van der Waals surface area contributed by atoms with Crippen molar-refractivity contribution in [3.05, 3.63) is 69.3 Å². The minimum atomic E-state index is -0.768. The van der Waals surface area contributed by atoms with E-state index in [0.29, 0.717) is 5.69 Å². The lowest BCUT2D eigenvalue weighted by Crippen LogP contribution is -2.34. The Kier molecular flexibility index (Phi) is 5.65. The third kappa shape index (κ3) is 4.59. The normalized spacial score (nSPS) is 17.5. The highest BCUT2D eigenvalue weighted by atomic mass is 16.6. The van der Waals surface area contributed by atoms with Crippen molar-refractivity contribution in [3.8, 4) is 0 Å². The third-order valence-corrected chi connectivity index (χ3v) is 5.41. The zero-order valence-electron chi connectivity index (χ0n) is 16.4. The molecule has 0 radical (unpaired) electrons. The van der Waals surface area contributed by atoms with Gasteiger partial charge in [-0.25, -0.2) is 4.79 Å². The summed E-state index contributed by atoms with van der Waals surface area (Å²) < 4.78 is 5.09. The van der Waals surface area contributed by atoms with Crippen LogP contribution in [0.3, 0.4) is 0 Å². The van der Waals surface area contributed by atoms with Gasteiger partial charge in [-0.2, -0.15) is 0 Å². The molecule has 2 aromatic rings. The van der Waals surface area contributed by atoms with Crippen LogP contribution in [0.1, 0.15) is 53.2 Å². The van der Waals surface area contributed by atoms with Crippen molar-refractivity contribution < 1.29 is 19.2 Å². The number of nitro benzene ring substituents is 1. The average molecular weight is 409 g/mol. The molecule has 0 aromatic heterocycles. The van der Waals surface area contributed by atoms with Crippen LogP contribution in [0.25, 0.3) is 0 Å². The number of hydrogen-bond donors (Lipinski definition) is 2. The largest absolute Gasteiger partial charge is 0.452 e. The molecule has 8 heteroatoms. The van der Waals surface area contributed by atoms with Crippen LogP contribution < -0.4 is 10.6 Å². The Balaban J connectivity index is 1.36. The first kappa shape index (κ1) is 19.9. The molecular weight excluding hydrogens is 386 g/mol. The fourth-order valence-electron chi connectivity index (χ4n) is 3.73. The van der Waals surface area contributed by atoms with Gasteiger partial charge in [-0.3, -0.25) is 14.9 Å². The van der Waals surface area contributed by atoms with Crippen molar-refractivity contribution >= 4 is 23.3 Å². The maximum absolute atomic E-state index is 12.3. The molecule has 0 spiro atoms. The number of aryl methyl sites for hydroxylation is 1. The molecule has 2 aliphatic rings. The molecule has 1 atom stereocenters. The second-order valence-electron chi connectivity index (χ2n) is 7.69. The summed E-state index contributed by atoms with van der Waals surface area (Å²) in [7, 11) is 0. The van der Waals surface area contributed by atoms with Crippen LogP contribution in [0.5, 0.6) is 0 Å². The molecule has 1 amide bonds. The molecule has 2 aromatic carbocycles. The number of anilines is 1. The summed E-state index contributed by atoms with van der Waals surface area (Å²) in [6.45, 7) is -0.437. The van der Waals surface area contributed by atoms with Crippen molar-refractivity contribution in [2.75, 3.05) is 11.9 Å². The number of amides is 1. The fourth-order valence-corrected chi connectivity index (χ4v) is 3.73. The van der Waals surface area contributed by atoms with Gasteiger partial charge in [0.1, 0.15) is 5.69 Å². The molecule has 0 bridgehead atoms. The Bertz CT molecular complexity index is 986. The molecule has 8 nitrogen and oxygen atoms in total. The predicted molar refractivity (Wildman–Crippen MR) is 110 cm³/mol. The minimum Gasteiger partial charge on any atom is -0.452 e. The highest BCUT2D eigenvalue weighted by Crippen LogP contribution is 2.32. The summed E-state index contributed by atoms with van der Waals surface area (Å²) in [5.41, 5.74) is 2.56. The number of esters is 1. The van der Waals surface area contributed by atoms with Crippen molar-refractivity contribution in [1.82, 2.24) is 5.32 Å². The van der Waals surface area contributed by atoms with E-state index in [9.17, 15) is 19.7 Å². The van der Waals surface area contributed by atoms with E-state index >= 15 is 0 Å². The summed E-state index contributed by atoms with van der Waals surface area (Å²) in [6, 6.07) is 12.3. The van der Waals surface area contributed by atoms with Crippen LogP contribution in [0.2, 0.25) is 0 Å². The smallest absolute Gasteiger partial charge is 0.338 e. The van der Waals surface area contributed by atoms with E-state index < -0.39 is 23.4 Å². The van der Waals surface area contributed by atoms with Gasteiger partial charge in [0, 0.05) is 12.1 Å². The number of rotatable bonds is 7. The monoisotopic (exact) mass is 409 g/mol. The first-order valence-electron chi connectivity index (χ1n) is 10.1. The number of nitro groups is 1. The molecule has 1 saturated carbocycles. The zero-order valence-corrected chi connectivity index (χ0v) is 16.4. The van der Waals surface area contributed by atoms with Crippen molar-refractivity contribution in [3.63, 3.8) is 0 Å². The lowest BCUT2D eigenvalue weighted by molar-refractivity contribution is -0.384. The van der Waals surface area contributed by atoms with Gasteiger partial charge < -0.3 is 15.4 Å². The number of benzene rings is 2. The van der Waals surface area contributed by atoms with Crippen LogP contribution in [0, 0.1) is 10.1 Å². The highest BCUT2D eigenvalue weighted by molar-refractivity contribution is 5.93. The number of ether oxygens (including phenoxy) is 1. The maximum Gasteiger partial charge on any atom is 0.338 e. The second-order valence-corrected chi connectivity index (χ2v) is 7.69. The summed E-state index contributed by atoms with van der Waals surface area (Å²) in [5.74, 6) is -1.16. The SMILES string of the molecule is O=C(COC(=O)c1ccc(NC2CC2)c([N+](=O)[O-])c1)N[C@H]1CCCc2ccccc21. The van der Waals surface area contributed by atoms with Crippen LogP contribution in [-0.4, -0.2) is 29.4 Å². The topological polar surface area (TPSA) is 111 Å². The number of carbonyl (C=O) groups is 2. The van der Waals surface area contributed by atoms with E-state index in [1.54, 1.807) is 0 Å². The molecule has 0 aliphatic heterocycles. The number of fused-ring (bicyclic) bond motifs is 1. The first-order valence-corrected chi connectivity index (χ1v) is 10.1. The van der Waals surface area contributed by atoms with E-state index in [1.165, 1.54) is 23.8 Å².